The topological polar surface area (TPSA) is 128 Å². The maximum atomic E-state index is 13.8. The minimum absolute atomic E-state index is 0.0865. The van der Waals surface area contributed by atoms with Crippen molar-refractivity contribution in [1.82, 2.24) is 13.9 Å². The number of aromatic nitrogens is 3. The molecular weight excluding hydrogens is 488 g/mol. The van der Waals surface area contributed by atoms with Crippen LogP contribution in [0.4, 0.5) is 0 Å². The van der Waals surface area contributed by atoms with E-state index in [1.54, 1.807) is 42.5 Å². The summed E-state index contributed by atoms with van der Waals surface area (Å²) in [6.07, 6.45) is 1.91. The van der Waals surface area contributed by atoms with E-state index in [0.717, 1.165) is 10.1 Å². The van der Waals surface area contributed by atoms with Gasteiger partial charge < -0.3 is 15.2 Å². The highest BCUT2D eigenvalue weighted by Crippen LogP contribution is 2.47. The number of rotatable bonds is 5. The average molecular weight is 519 g/mol. The number of nitrogens with two attached hydrogens (primary N) is 1. The number of allylic oxidation sites excluding steroid dienone is 1. The standard InChI is InChI=1S/C28H30N4O6/c1-15(2)23(29)25(34)37-19-10-11-20-22(14-19)38-28(4,5)21-12-13-30-26(35)31(27(36)32(30)24(20)21)18-8-6-17(7-9-18)16(3)33/h6-12,14-15,23-24H,13,29H2,1-5H3. The molecule has 2 N–H and O–H groups in total. The second kappa shape index (κ2) is 8.98. The van der Waals surface area contributed by atoms with Crippen molar-refractivity contribution in [3.8, 4) is 17.2 Å². The smallest absolute Gasteiger partial charge is 0.352 e. The van der Waals surface area contributed by atoms with E-state index in [-0.39, 0.29) is 24.0 Å². The van der Waals surface area contributed by atoms with Gasteiger partial charge in [-0.05, 0) is 68.7 Å². The van der Waals surface area contributed by atoms with E-state index in [9.17, 15) is 19.2 Å². The molecule has 0 saturated heterocycles. The minimum atomic E-state index is -0.805. The van der Waals surface area contributed by atoms with Crippen molar-refractivity contribution in [3.63, 3.8) is 0 Å². The molecule has 0 radical (unpaired) electrons. The number of Topliss-reactive ketones (excluding diaryl/α,β-unsaturated/α-hetero) is 1. The largest absolute Gasteiger partial charge is 0.483 e. The van der Waals surface area contributed by atoms with Gasteiger partial charge in [-0.2, -0.15) is 0 Å². The summed E-state index contributed by atoms with van der Waals surface area (Å²) in [6, 6.07) is 9.95. The summed E-state index contributed by atoms with van der Waals surface area (Å²) in [6.45, 7) is 9.10. The summed E-state index contributed by atoms with van der Waals surface area (Å²) in [5.74, 6) is -0.0330. The normalized spacial score (nSPS) is 18.0. The molecule has 2 aromatic carbocycles. The van der Waals surface area contributed by atoms with E-state index in [1.165, 1.54) is 16.3 Å². The third-order valence-electron chi connectivity index (χ3n) is 7.16. The molecule has 38 heavy (non-hydrogen) atoms. The molecule has 5 rings (SSSR count). The predicted molar refractivity (Wildman–Crippen MR) is 140 cm³/mol. The summed E-state index contributed by atoms with van der Waals surface area (Å²) in [5, 5.41) is 0. The fourth-order valence-electron chi connectivity index (χ4n) is 4.96. The van der Waals surface area contributed by atoms with E-state index >= 15 is 0 Å². The van der Waals surface area contributed by atoms with Crippen molar-refractivity contribution in [2.45, 2.75) is 58.8 Å². The lowest BCUT2D eigenvalue weighted by Crippen LogP contribution is -2.46. The Balaban J connectivity index is 1.61. The number of ether oxygens (including phenoxy) is 2. The molecule has 0 saturated carbocycles. The Labute approximate surface area is 218 Å². The molecule has 1 aromatic heterocycles. The van der Waals surface area contributed by atoms with Crippen LogP contribution in [0.1, 0.15) is 56.6 Å². The third-order valence-corrected chi connectivity index (χ3v) is 7.16. The second-order valence-corrected chi connectivity index (χ2v) is 10.5. The lowest BCUT2D eigenvalue weighted by molar-refractivity contribution is -0.136. The number of benzene rings is 2. The SMILES string of the molecule is CC(=O)c1ccc(-n2c(=O)n3n(c2=O)C2C(=CC3)C(C)(C)Oc3cc(OC(=O)C(N)C(C)C)ccc32)cc1. The Morgan fingerprint density at radius 2 is 1.76 bits per heavy atom. The maximum absolute atomic E-state index is 13.8. The Morgan fingerprint density at radius 1 is 1.08 bits per heavy atom. The summed E-state index contributed by atoms with van der Waals surface area (Å²) in [4.78, 5) is 51.3. The quantitative estimate of drug-likeness (QED) is 0.238. The molecular formula is C28H30N4O6. The minimum Gasteiger partial charge on any atom is -0.483 e. The van der Waals surface area contributed by atoms with Crippen LogP contribution >= 0.6 is 0 Å². The zero-order chi connectivity index (χ0) is 27.5. The molecule has 198 valence electrons. The summed E-state index contributed by atoms with van der Waals surface area (Å²) >= 11 is 0. The first-order chi connectivity index (χ1) is 17.9. The van der Waals surface area contributed by atoms with Crippen molar-refractivity contribution >= 4 is 11.8 Å². The monoisotopic (exact) mass is 518 g/mol. The molecule has 0 amide bonds. The van der Waals surface area contributed by atoms with Gasteiger partial charge in [0.05, 0.1) is 12.2 Å². The predicted octanol–water partition coefficient (Wildman–Crippen LogP) is 2.59. The van der Waals surface area contributed by atoms with E-state index in [1.807, 2.05) is 33.8 Å². The Morgan fingerprint density at radius 3 is 2.39 bits per heavy atom. The van der Waals surface area contributed by atoms with Gasteiger partial charge in [-0.15, -0.1) is 0 Å². The molecule has 0 fully saturated rings. The molecule has 2 atom stereocenters. The van der Waals surface area contributed by atoms with Crippen LogP contribution in [0.15, 0.2) is 63.7 Å². The maximum Gasteiger partial charge on any atom is 0.352 e. The zero-order valence-electron chi connectivity index (χ0n) is 21.9. The first kappa shape index (κ1) is 25.5. The van der Waals surface area contributed by atoms with Crippen LogP contribution in [0.3, 0.4) is 0 Å². The van der Waals surface area contributed by atoms with Gasteiger partial charge in [-0.25, -0.2) is 28.3 Å². The molecule has 3 aromatic rings. The van der Waals surface area contributed by atoms with Crippen molar-refractivity contribution < 1.29 is 19.1 Å². The molecule has 2 unspecified atom stereocenters. The lowest BCUT2D eigenvalue weighted by Gasteiger charge is -2.42. The van der Waals surface area contributed by atoms with Crippen molar-refractivity contribution in [2.75, 3.05) is 0 Å². The van der Waals surface area contributed by atoms with Gasteiger partial charge in [-0.3, -0.25) is 4.79 Å². The summed E-state index contributed by atoms with van der Waals surface area (Å²) < 4.78 is 15.7. The highest BCUT2D eigenvalue weighted by atomic mass is 16.5. The number of nitrogens with zero attached hydrogens (tertiary/aromatic N) is 3. The van der Waals surface area contributed by atoms with E-state index < -0.39 is 35.0 Å². The fourth-order valence-corrected chi connectivity index (χ4v) is 4.96. The molecule has 10 nitrogen and oxygen atoms in total. The Kier molecular flexibility index (Phi) is 6.02. The number of esters is 1. The number of carbonyl (C=O) groups is 2. The molecule has 3 heterocycles. The molecule has 2 aliphatic heterocycles. The van der Waals surface area contributed by atoms with Crippen LogP contribution < -0.4 is 26.6 Å². The van der Waals surface area contributed by atoms with Gasteiger partial charge >= 0.3 is 17.3 Å². The van der Waals surface area contributed by atoms with Crippen molar-refractivity contribution in [2.24, 2.45) is 11.7 Å². The van der Waals surface area contributed by atoms with Crippen LogP contribution in [-0.4, -0.2) is 37.3 Å². The van der Waals surface area contributed by atoms with Crippen LogP contribution in [0.5, 0.6) is 11.5 Å². The number of carbonyl (C=O) groups excluding carboxylic acids is 2. The summed E-state index contributed by atoms with van der Waals surface area (Å²) in [7, 11) is 0. The zero-order valence-corrected chi connectivity index (χ0v) is 21.9. The van der Waals surface area contributed by atoms with Gasteiger partial charge in [0, 0.05) is 17.2 Å². The van der Waals surface area contributed by atoms with Crippen LogP contribution in [-0.2, 0) is 11.3 Å². The first-order valence-corrected chi connectivity index (χ1v) is 12.5. The number of ketones is 1. The Hall–Kier alpha value is -4.18. The van der Waals surface area contributed by atoms with Crippen LogP contribution in [0, 0.1) is 5.92 Å². The fraction of sp³-hybridized carbons (Fsp3) is 0.357. The number of hydrogen-bond acceptors (Lipinski definition) is 7. The van der Waals surface area contributed by atoms with Gasteiger partial charge in [-0.1, -0.05) is 19.9 Å². The van der Waals surface area contributed by atoms with Crippen LogP contribution in [0.25, 0.3) is 5.69 Å². The van der Waals surface area contributed by atoms with Crippen molar-refractivity contribution in [3.05, 3.63) is 86.2 Å². The molecule has 2 aliphatic rings. The van der Waals surface area contributed by atoms with E-state index in [0.29, 0.717) is 22.6 Å². The van der Waals surface area contributed by atoms with Gasteiger partial charge in [0.15, 0.2) is 5.78 Å². The number of hydrogen-bond donors (Lipinski definition) is 1. The Bertz CT molecular complexity index is 1600. The molecule has 0 spiro atoms. The lowest BCUT2D eigenvalue weighted by atomic mass is 9.83. The highest BCUT2D eigenvalue weighted by molar-refractivity contribution is 5.94. The first-order valence-electron chi connectivity index (χ1n) is 12.5. The molecule has 10 heteroatoms. The highest BCUT2D eigenvalue weighted by Gasteiger charge is 2.44. The van der Waals surface area contributed by atoms with Gasteiger partial charge in [0.1, 0.15) is 29.2 Å². The number of fused-ring (bicyclic) bond motifs is 5. The molecule has 0 aliphatic carbocycles. The van der Waals surface area contributed by atoms with Gasteiger partial charge in [0.2, 0.25) is 0 Å². The van der Waals surface area contributed by atoms with Crippen molar-refractivity contribution in [1.29, 1.82) is 0 Å². The van der Waals surface area contributed by atoms with E-state index in [4.69, 9.17) is 15.2 Å². The van der Waals surface area contributed by atoms with Gasteiger partial charge in [0.25, 0.3) is 0 Å². The average Bonchev–Trinajstić information content (AvgIpc) is 3.12. The third kappa shape index (κ3) is 4.01. The summed E-state index contributed by atoms with van der Waals surface area (Å²) in [5.41, 5.74) is 6.48. The second-order valence-electron chi connectivity index (χ2n) is 10.5. The van der Waals surface area contributed by atoms with E-state index in [2.05, 4.69) is 0 Å². The van der Waals surface area contributed by atoms with Crippen LogP contribution in [0.2, 0.25) is 0 Å². The molecule has 0 bridgehead atoms.